The third-order valence-electron chi connectivity index (χ3n) is 5.22. The van der Waals surface area contributed by atoms with E-state index in [1.54, 1.807) is 0 Å². The van der Waals surface area contributed by atoms with Gasteiger partial charge in [-0.25, -0.2) is 32.9 Å². The molecule has 31 heavy (non-hydrogen) atoms. The number of nitrogens with zero attached hydrogens (tertiary/aromatic N) is 4. The number of rotatable bonds is 4. The van der Waals surface area contributed by atoms with Gasteiger partial charge in [0.2, 0.25) is 0 Å². The maximum Gasteiger partial charge on any atom is 0.413 e. The molecule has 0 saturated carbocycles. The van der Waals surface area contributed by atoms with Crippen molar-refractivity contribution in [3.8, 4) is 11.4 Å². The Morgan fingerprint density at radius 1 is 1.13 bits per heavy atom. The van der Waals surface area contributed by atoms with Crippen LogP contribution in [0.4, 0.5) is 29.6 Å². The lowest BCUT2D eigenvalue weighted by Crippen LogP contribution is -2.44. The van der Waals surface area contributed by atoms with Crippen LogP contribution in [0.25, 0.3) is 11.4 Å². The van der Waals surface area contributed by atoms with Gasteiger partial charge in [-0.05, 0) is 26.0 Å². The first-order valence-corrected chi connectivity index (χ1v) is 9.92. The molecule has 0 aliphatic carbocycles. The lowest BCUT2D eigenvalue weighted by Gasteiger charge is -2.33. The Bertz CT molecular complexity index is 999. The summed E-state index contributed by atoms with van der Waals surface area (Å²) in [6.45, 7) is 5.92. The third-order valence-corrected chi connectivity index (χ3v) is 5.22. The van der Waals surface area contributed by atoms with Gasteiger partial charge in [0.05, 0.1) is 11.3 Å². The van der Waals surface area contributed by atoms with Crippen molar-refractivity contribution in [1.29, 1.82) is 0 Å². The Labute approximate surface area is 177 Å². The van der Waals surface area contributed by atoms with Crippen molar-refractivity contribution in [3.63, 3.8) is 0 Å². The van der Waals surface area contributed by atoms with Crippen LogP contribution in [0.3, 0.4) is 0 Å². The van der Waals surface area contributed by atoms with Crippen molar-refractivity contribution in [2.75, 3.05) is 36.4 Å². The molecule has 8 nitrogen and oxygen atoms in total. The summed E-state index contributed by atoms with van der Waals surface area (Å²) >= 11 is 0. The van der Waals surface area contributed by atoms with Gasteiger partial charge in [0.25, 0.3) is 5.92 Å². The molecule has 0 radical (unpaired) electrons. The van der Waals surface area contributed by atoms with E-state index in [1.165, 1.54) is 32.3 Å². The average molecular weight is 436 g/mol. The van der Waals surface area contributed by atoms with Gasteiger partial charge in [0, 0.05) is 38.7 Å². The minimum absolute atomic E-state index is 0.0659. The van der Waals surface area contributed by atoms with Crippen molar-refractivity contribution >= 4 is 17.7 Å². The van der Waals surface area contributed by atoms with Crippen LogP contribution in [-0.2, 0) is 10.7 Å². The molecule has 2 aliphatic heterocycles. The van der Waals surface area contributed by atoms with Gasteiger partial charge < -0.3 is 15.0 Å². The summed E-state index contributed by atoms with van der Waals surface area (Å²) in [5.41, 5.74) is -1.80. The molecular weight excluding hydrogens is 413 g/mol. The summed E-state index contributed by atoms with van der Waals surface area (Å²) < 4.78 is 48.8. The maximum absolute atomic E-state index is 14.9. The molecule has 1 amide bonds. The van der Waals surface area contributed by atoms with Gasteiger partial charge in [-0.3, -0.25) is 5.32 Å². The highest BCUT2D eigenvalue weighted by atomic mass is 19.3. The van der Waals surface area contributed by atoms with E-state index in [2.05, 4.69) is 25.6 Å². The first-order chi connectivity index (χ1) is 14.5. The number of cyclic esters (lactones) is 1. The van der Waals surface area contributed by atoms with E-state index in [0.717, 1.165) is 6.92 Å². The zero-order valence-corrected chi connectivity index (χ0v) is 17.4. The second kappa shape index (κ2) is 7.63. The summed E-state index contributed by atoms with van der Waals surface area (Å²) in [4.78, 5) is 26.6. The highest BCUT2D eigenvalue weighted by Gasteiger charge is 2.42. The van der Waals surface area contributed by atoms with Crippen molar-refractivity contribution in [1.82, 2.24) is 20.3 Å². The van der Waals surface area contributed by atoms with E-state index in [0.29, 0.717) is 32.0 Å². The van der Waals surface area contributed by atoms with E-state index >= 15 is 0 Å². The number of nitrogens with one attached hydrogen (secondary N) is 2. The zero-order valence-electron chi connectivity index (χ0n) is 17.4. The number of amides is 1. The highest BCUT2D eigenvalue weighted by molar-refractivity contribution is 5.88. The van der Waals surface area contributed by atoms with Crippen molar-refractivity contribution in [2.24, 2.45) is 0 Å². The molecule has 1 saturated heterocycles. The summed E-state index contributed by atoms with van der Waals surface area (Å²) in [5.74, 6) is -2.69. The van der Waals surface area contributed by atoms with Crippen LogP contribution in [0.1, 0.15) is 38.0 Å². The number of aromatic nitrogens is 3. The summed E-state index contributed by atoms with van der Waals surface area (Å²) in [7, 11) is 0. The van der Waals surface area contributed by atoms with Crippen molar-refractivity contribution in [2.45, 2.75) is 38.5 Å². The molecule has 4 heterocycles. The predicted octanol–water partition coefficient (Wildman–Crippen LogP) is 3.41. The number of anilines is 2. The molecule has 11 heteroatoms. The van der Waals surface area contributed by atoms with Crippen molar-refractivity contribution in [3.05, 3.63) is 29.6 Å². The Balaban J connectivity index is 1.90. The number of ether oxygens (including phenoxy) is 1. The van der Waals surface area contributed by atoms with Crippen LogP contribution < -0.4 is 15.5 Å². The Kier molecular flexibility index (Phi) is 5.24. The van der Waals surface area contributed by atoms with Gasteiger partial charge in [-0.15, -0.1) is 0 Å². The number of hydrogen-bond acceptors (Lipinski definition) is 7. The molecule has 2 aromatic heterocycles. The Morgan fingerprint density at radius 3 is 2.48 bits per heavy atom. The number of fused-ring (bicyclic) bond motifs is 1. The van der Waals surface area contributed by atoms with Gasteiger partial charge in [-0.1, -0.05) is 0 Å². The topological polar surface area (TPSA) is 92.3 Å². The number of carbonyl (C=O) groups excluding carboxylic acids is 1. The van der Waals surface area contributed by atoms with Crippen LogP contribution in [0.5, 0.6) is 0 Å². The van der Waals surface area contributed by atoms with Crippen LogP contribution in [0.15, 0.2) is 18.5 Å². The summed E-state index contributed by atoms with van der Waals surface area (Å²) in [6, 6.07) is 2.59. The van der Waals surface area contributed by atoms with Gasteiger partial charge in [-0.2, -0.15) is 0 Å². The lowest BCUT2D eigenvalue weighted by atomic mass is 9.92. The zero-order chi connectivity index (χ0) is 22.4. The Morgan fingerprint density at radius 2 is 1.84 bits per heavy atom. The van der Waals surface area contributed by atoms with Gasteiger partial charge in [0.15, 0.2) is 6.10 Å². The number of halogens is 3. The lowest BCUT2D eigenvalue weighted by molar-refractivity contribution is 0.000430. The largest absolute Gasteiger partial charge is 0.437 e. The monoisotopic (exact) mass is 436 g/mol. The van der Waals surface area contributed by atoms with Crippen LogP contribution in [0, 0.1) is 0 Å². The fraction of sp³-hybridized carbons (Fsp3) is 0.500. The minimum atomic E-state index is -3.13. The quantitative estimate of drug-likeness (QED) is 0.759. The SMILES string of the molecule is CC(F)(F)c1cc(-c2ncnc3c2[C@@H](C(C)(C)F)OC(=O)N3)nc(N2CCNCC2)c1. The highest BCUT2D eigenvalue weighted by Crippen LogP contribution is 2.43. The van der Waals surface area contributed by atoms with E-state index < -0.39 is 23.8 Å². The van der Waals surface area contributed by atoms with Crippen molar-refractivity contribution < 1.29 is 22.7 Å². The predicted molar refractivity (Wildman–Crippen MR) is 108 cm³/mol. The number of hydrogen-bond donors (Lipinski definition) is 2. The number of carbonyl (C=O) groups is 1. The molecule has 1 atom stereocenters. The first kappa shape index (κ1) is 21.3. The molecule has 0 bridgehead atoms. The smallest absolute Gasteiger partial charge is 0.413 e. The molecule has 2 aromatic rings. The normalized spacial score (nSPS) is 19.5. The molecule has 1 fully saturated rings. The third kappa shape index (κ3) is 4.27. The standard InChI is InChI=1S/C20H23F3N6O2/c1-19(2,21)16-14-15(25-10-26-17(14)28-18(30)31-16)12-8-11(20(3,22)23)9-13(27-12)29-6-4-24-5-7-29/h8-10,16,24H,4-7H2,1-3H3,(H,25,26,28,30)/t16-/m0/s1. The number of alkyl halides is 3. The average Bonchev–Trinajstić information content (AvgIpc) is 2.71. The summed E-state index contributed by atoms with van der Waals surface area (Å²) in [6.07, 6.45) is -1.01. The van der Waals surface area contributed by atoms with Crippen LogP contribution >= 0.6 is 0 Å². The summed E-state index contributed by atoms with van der Waals surface area (Å²) in [5, 5.41) is 5.63. The van der Waals surface area contributed by atoms with Crippen LogP contribution in [0.2, 0.25) is 0 Å². The second-order valence-corrected chi connectivity index (χ2v) is 8.18. The first-order valence-electron chi connectivity index (χ1n) is 9.92. The molecular formula is C20H23F3N6O2. The van der Waals surface area contributed by atoms with E-state index in [1.807, 2.05) is 4.90 Å². The minimum Gasteiger partial charge on any atom is -0.437 e. The van der Waals surface area contributed by atoms with Gasteiger partial charge >= 0.3 is 6.09 Å². The Hall–Kier alpha value is -2.95. The molecule has 0 aromatic carbocycles. The van der Waals surface area contributed by atoms with E-state index in [-0.39, 0.29) is 28.3 Å². The molecule has 166 valence electrons. The van der Waals surface area contributed by atoms with Crippen LogP contribution in [-0.4, -0.2) is 52.9 Å². The molecule has 2 N–H and O–H groups in total. The fourth-order valence-corrected chi connectivity index (χ4v) is 3.67. The number of pyridine rings is 1. The van der Waals surface area contributed by atoms with E-state index in [9.17, 15) is 18.0 Å². The van der Waals surface area contributed by atoms with Gasteiger partial charge in [0.1, 0.15) is 29.3 Å². The molecule has 0 spiro atoms. The molecule has 0 unspecified atom stereocenters. The molecule has 4 rings (SSSR count). The fourth-order valence-electron chi connectivity index (χ4n) is 3.67. The molecule has 2 aliphatic rings. The number of piperazine rings is 1. The van der Waals surface area contributed by atoms with E-state index in [4.69, 9.17) is 4.74 Å². The maximum atomic E-state index is 14.9. The second-order valence-electron chi connectivity index (χ2n) is 8.18.